The molecule has 0 unspecified atom stereocenters. The second kappa shape index (κ2) is 10.7. The van der Waals surface area contributed by atoms with E-state index in [0.29, 0.717) is 17.9 Å². The Hall–Kier alpha value is -3.23. The molecule has 168 valence electrons. The summed E-state index contributed by atoms with van der Waals surface area (Å²) in [6, 6.07) is 10.0. The van der Waals surface area contributed by atoms with Crippen LogP contribution in [0.2, 0.25) is 0 Å². The van der Waals surface area contributed by atoms with Crippen molar-refractivity contribution in [2.75, 3.05) is 32.6 Å². The third kappa shape index (κ3) is 6.37. The molecule has 0 aliphatic rings. The van der Waals surface area contributed by atoms with E-state index >= 15 is 0 Å². The molecule has 2 aromatic rings. The highest BCUT2D eigenvalue weighted by molar-refractivity contribution is 5.95. The van der Waals surface area contributed by atoms with Gasteiger partial charge in [0.25, 0.3) is 0 Å². The van der Waals surface area contributed by atoms with Gasteiger partial charge in [-0.15, -0.1) is 0 Å². The second-order valence-corrected chi connectivity index (χ2v) is 6.65. The standard InChI is InChI=1S/C22H25F3N2O4/c1-4-27(14-19(28)26-17-10-6-5-9-16(17)22(23,24)25)20(29)13-12-15-8-7-11-18(30-2)21(15)31-3/h5-11H,4,12-14H2,1-3H3,(H,26,28). The number of benzene rings is 2. The molecule has 0 saturated carbocycles. The molecule has 0 aromatic heterocycles. The number of alkyl halides is 3. The van der Waals surface area contributed by atoms with E-state index in [1.807, 2.05) is 6.07 Å². The molecule has 2 rings (SSSR count). The fourth-order valence-corrected chi connectivity index (χ4v) is 3.13. The molecule has 2 amide bonds. The predicted molar refractivity (Wildman–Crippen MR) is 110 cm³/mol. The van der Waals surface area contributed by atoms with Gasteiger partial charge in [0, 0.05) is 13.0 Å². The number of ether oxygens (including phenoxy) is 2. The number of carbonyl (C=O) groups is 2. The summed E-state index contributed by atoms with van der Waals surface area (Å²) in [6.07, 6.45) is -4.14. The van der Waals surface area contributed by atoms with Gasteiger partial charge in [-0.2, -0.15) is 13.2 Å². The van der Waals surface area contributed by atoms with Gasteiger partial charge in [0.1, 0.15) is 0 Å². The number of amides is 2. The van der Waals surface area contributed by atoms with Crippen LogP contribution in [0, 0.1) is 0 Å². The Kier molecular flexibility index (Phi) is 8.30. The number of carbonyl (C=O) groups excluding carboxylic acids is 2. The molecule has 0 bridgehead atoms. The molecule has 1 N–H and O–H groups in total. The fraction of sp³-hybridized carbons (Fsp3) is 0.364. The van der Waals surface area contributed by atoms with Gasteiger partial charge in [-0.05, 0) is 37.1 Å². The quantitative estimate of drug-likeness (QED) is 0.639. The number of nitrogens with one attached hydrogen (secondary N) is 1. The number of para-hydroxylation sites is 2. The molecular formula is C22H25F3N2O4. The molecular weight excluding hydrogens is 413 g/mol. The summed E-state index contributed by atoms with van der Waals surface area (Å²) in [5, 5.41) is 2.25. The maximum atomic E-state index is 13.1. The summed E-state index contributed by atoms with van der Waals surface area (Å²) in [5.74, 6) is 0.0716. The van der Waals surface area contributed by atoms with Gasteiger partial charge in [0.15, 0.2) is 11.5 Å². The van der Waals surface area contributed by atoms with E-state index in [1.54, 1.807) is 19.1 Å². The highest BCUT2D eigenvalue weighted by Gasteiger charge is 2.33. The largest absolute Gasteiger partial charge is 0.493 e. The monoisotopic (exact) mass is 438 g/mol. The molecule has 0 fully saturated rings. The summed E-state index contributed by atoms with van der Waals surface area (Å²) in [5.41, 5.74) is -0.512. The first-order valence-electron chi connectivity index (χ1n) is 9.65. The first-order valence-corrected chi connectivity index (χ1v) is 9.65. The van der Waals surface area contributed by atoms with Crippen molar-refractivity contribution in [1.29, 1.82) is 0 Å². The van der Waals surface area contributed by atoms with Crippen molar-refractivity contribution in [3.8, 4) is 11.5 Å². The maximum absolute atomic E-state index is 13.1. The third-order valence-corrected chi connectivity index (χ3v) is 4.67. The van der Waals surface area contributed by atoms with Crippen molar-refractivity contribution in [3.05, 3.63) is 53.6 Å². The fourth-order valence-electron chi connectivity index (χ4n) is 3.13. The minimum absolute atomic E-state index is 0.101. The van der Waals surface area contributed by atoms with E-state index in [-0.39, 0.29) is 31.1 Å². The van der Waals surface area contributed by atoms with Crippen LogP contribution in [0.1, 0.15) is 24.5 Å². The maximum Gasteiger partial charge on any atom is 0.418 e. The van der Waals surface area contributed by atoms with Gasteiger partial charge < -0.3 is 19.7 Å². The van der Waals surface area contributed by atoms with E-state index in [4.69, 9.17) is 9.47 Å². The zero-order chi connectivity index (χ0) is 23.0. The van der Waals surface area contributed by atoms with Crippen LogP contribution in [-0.2, 0) is 22.2 Å². The van der Waals surface area contributed by atoms with E-state index in [0.717, 1.165) is 11.6 Å². The van der Waals surface area contributed by atoms with Crippen LogP contribution >= 0.6 is 0 Å². The molecule has 6 nitrogen and oxygen atoms in total. The van der Waals surface area contributed by atoms with E-state index in [1.165, 1.54) is 37.3 Å². The number of likely N-dealkylation sites (N-methyl/N-ethyl adjacent to an activating group) is 1. The average Bonchev–Trinajstić information content (AvgIpc) is 2.74. The molecule has 0 heterocycles. The lowest BCUT2D eigenvalue weighted by atomic mass is 10.1. The van der Waals surface area contributed by atoms with Crippen LogP contribution in [0.5, 0.6) is 11.5 Å². The number of anilines is 1. The van der Waals surface area contributed by atoms with Crippen molar-refractivity contribution < 1.29 is 32.2 Å². The number of aryl methyl sites for hydroxylation is 1. The highest BCUT2D eigenvalue weighted by Crippen LogP contribution is 2.34. The SMILES string of the molecule is CCN(CC(=O)Nc1ccccc1C(F)(F)F)C(=O)CCc1cccc(OC)c1OC. The zero-order valence-corrected chi connectivity index (χ0v) is 17.6. The Morgan fingerprint density at radius 3 is 2.35 bits per heavy atom. The lowest BCUT2D eigenvalue weighted by Gasteiger charge is -2.21. The molecule has 0 radical (unpaired) electrons. The van der Waals surface area contributed by atoms with Crippen LogP contribution in [-0.4, -0.2) is 44.0 Å². The number of hydrogen-bond acceptors (Lipinski definition) is 4. The molecule has 2 aromatic carbocycles. The summed E-state index contributed by atoms with van der Waals surface area (Å²) in [6.45, 7) is 1.58. The first-order chi connectivity index (χ1) is 14.7. The Labute approximate surface area is 178 Å². The topological polar surface area (TPSA) is 67.9 Å². The van der Waals surface area contributed by atoms with E-state index in [2.05, 4.69) is 5.32 Å². The number of nitrogens with zero attached hydrogens (tertiary/aromatic N) is 1. The Bertz CT molecular complexity index is 916. The number of halogens is 3. The summed E-state index contributed by atoms with van der Waals surface area (Å²) in [4.78, 5) is 26.2. The van der Waals surface area contributed by atoms with Gasteiger partial charge in [0.05, 0.1) is 32.0 Å². The second-order valence-electron chi connectivity index (χ2n) is 6.65. The van der Waals surface area contributed by atoms with Crippen molar-refractivity contribution in [2.45, 2.75) is 25.9 Å². The van der Waals surface area contributed by atoms with Gasteiger partial charge in [0.2, 0.25) is 11.8 Å². The Morgan fingerprint density at radius 1 is 1.03 bits per heavy atom. The summed E-state index contributed by atoms with van der Waals surface area (Å²) >= 11 is 0. The average molecular weight is 438 g/mol. The number of methoxy groups -OCH3 is 2. The van der Waals surface area contributed by atoms with E-state index < -0.39 is 17.6 Å². The van der Waals surface area contributed by atoms with Crippen molar-refractivity contribution >= 4 is 17.5 Å². The molecule has 31 heavy (non-hydrogen) atoms. The van der Waals surface area contributed by atoms with Gasteiger partial charge in [-0.3, -0.25) is 9.59 Å². The summed E-state index contributed by atoms with van der Waals surface area (Å²) < 4.78 is 49.9. The van der Waals surface area contributed by atoms with Gasteiger partial charge in [-0.25, -0.2) is 0 Å². The lowest BCUT2D eigenvalue weighted by Crippen LogP contribution is -2.38. The zero-order valence-electron chi connectivity index (χ0n) is 17.6. The van der Waals surface area contributed by atoms with E-state index in [9.17, 15) is 22.8 Å². The molecule has 0 atom stereocenters. The number of hydrogen-bond donors (Lipinski definition) is 1. The van der Waals surface area contributed by atoms with Crippen LogP contribution < -0.4 is 14.8 Å². The minimum Gasteiger partial charge on any atom is -0.493 e. The van der Waals surface area contributed by atoms with Gasteiger partial charge in [-0.1, -0.05) is 24.3 Å². The van der Waals surface area contributed by atoms with Gasteiger partial charge >= 0.3 is 6.18 Å². The molecule has 0 spiro atoms. The van der Waals surface area contributed by atoms with Crippen LogP contribution in [0.15, 0.2) is 42.5 Å². The third-order valence-electron chi connectivity index (χ3n) is 4.67. The molecule has 9 heteroatoms. The van der Waals surface area contributed by atoms with Crippen LogP contribution in [0.25, 0.3) is 0 Å². The molecule has 0 aliphatic heterocycles. The smallest absolute Gasteiger partial charge is 0.418 e. The van der Waals surface area contributed by atoms with Crippen LogP contribution in [0.3, 0.4) is 0 Å². The first kappa shape index (κ1) is 24.0. The van der Waals surface area contributed by atoms with Crippen molar-refractivity contribution in [3.63, 3.8) is 0 Å². The Balaban J connectivity index is 2.02. The number of rotatable bonds is 9. The molecule has 0 saturated heterocycles. The highest BCUT2D eigenvalue weighted by atomic mass is 19.4. The molecule has 0 aliphatic carbocycles. The van der Waals surface area contributed by atoms with Crippen molar-refractivity contribution in [2.24, 2.45) is 0 Å². The van der Waals surface area contributed by atoms with Crippen molar-refractivity contribution in [1.82, 2.24) is 4.90 Å². The predicted octanol–water partition coefficient (Wildman–Crippen LogP) is 4.14. The lowest BCUT2D eigenvalue weighted by molar-refractivity contribution is -0.137. The normalized spacial score (nSPS) is 11.0. The van der Waals surface area contributed by atoms with Crippen LogP contribution in [0.4, 0.5) is 18.9 Å². The Morgan fingerprint density at radius 2 is 1.74 bits per heavy atom. The summed E-state index contributed by atoms with van der Waals surface area (Å²) in [7, 11) is 3.02. The minimum atomic E-state index is -4.60.